The average molecular weight is 501 g/mol. The van der Waals surface area contributed by atoms with E-state index in [-0.39, 0.29) is 12.5 Å². The molecule has 180 valence electrons. The Morgan fingerprint density at radius 1 is 0.941 bits per heavy atom. The van der Waals surface area contributed by atoms with E-state index in [0.717, 1.165) is 22.4 Å². The fourth-order valence-electron chi connectivity index (χ4n) is 3.45. The van der Waals surface area contributed by atoms with E-state index in [2.05, 4.69) is 5.32 Å². The number of anilines is 1. The van der Waals surface area contributed by atoms with Crippen LogP contribution in [0.25, 0.3) is 0 Å². The predicted octanol–water partition coefficient (Wildman–Crippen LogP) is 5.04. The minimum atomic E-state index is -3.52. The molecule has 0 heterocycles. The third-order valence-electron chi connectivity index (χ3n) is 5.50. The number of aryl methyl sites for hydroxylation is 3. The molecule has 0 unspecified atom stereocenters. The first-order valence-corrected chi connectivity index (χ1v) is 13.1. The van der Waals surface area contributed by atoms with Crippen LogP contribution in [0.1, 0.15) is 32.6 Å². The monoisotopic (exact) mass is 500 g/mol. The van der Waals surface area contributed by atoms with Gasteiger partial charge in [-0.3, -0.25) is 9.10 Å². The Kier molecular flexibility index (Phi) is 8.23. The number of rotatable bonds is 9. The fourth-order valence-corrected chi connectivity index (χ4v) is 4.62. The van der Waals surface area contributed by atoms with Crippen molar-refractivity contribution in [2.45, 2.75) is 27.3 Å². The standard InChI is InChI=1S/C26H29ClN2O4S/c1-18-5-11-24(16-19(18)2)33-14-13-28-26(30)22-8-6-21(7-9-22)17-29(34(4,31)32)25-12-10-23(27)15-20(25)3/h5-12,15-16H,13-14,17H2,1-4H3,(H,28,30). The summed E-state index contributed by atoms with van der Waals surface area (Å²) in [6.07, 6.45) is 1.17. The molecule has 0 aliphatic heterocycles. The number of nitrogens with zero attached hydrogens (tertiary/aromatic N) is 1. The first-order chi connectivity index (χ1) is 16.0. The Morgan fingerprint density at radius 2 is 1.65 bits per heavy atom. The highest BCUT2D eigenvalue weighted by Gasteiger charge is 2.20. The van der Waals surface area contributed by atoms with Crippen molar-refractivity contribution in [2.24, 2.45) is 0 Å². The summed E-state index contributed by atoms with van der Waals surface area (Å²) in [5.41, 5.74) is 4.93. The van der Waals surface area contributed by atoms with E-state index in [9.17, 15) is 13.2 Å². The summed E-state index contributed by atoms with van der Waals surface area (Å²) >= 11 is 6.02. The maximum absolute atomic E-state index is 12.5. The second-order valence-electron chi connectivity index (χ2n) is 8.25. The molecule has 34 heavy (non-hydrogen) atoms. The molecule has 1 amide bonds. The van der Waals surface area contributed by atoms with Gasteiger partial charge < -0.3 is 10.1 Å². The number of carbonyl (C=O) groups excluding carboxylic acids is 1. The molecule has 0 radical (unpaired) electrons. The molecule has 8 heteroatoms. The molecular formula is C26H29ClN2O4S. The number of benzene rings is 3. The first-order valence-electron chi connectivity index (χ1n) is 10.9. The van der Waals surface area contributed by atoms with Crippen LogP contribution in [0.3, 0.4) is 0 Å². The van der Waals surface area contributed by atoms with Crippen LogP contribution in [0.5, 0.6) is 5.75 Å². The highest BCUT2D eigenvalue weighted by molar-refractivity contribution is 7.92. The average Bonchev–Trinajstić information content (AvgIpc) is 2.77. The number of carbonyl (C=O) groups is 1. The van der Waals surface area contributed by atoms with Crippen molar-refractivity contribution in [2.75, 3.05) is 23.7 Å². The van der Waals surface area contributed by atoms with Gasteiger partial charge in [-0.2, -0.15) is 0 Å². The molecule has 0 saturated heterocycles. The van der Waals surface area contributed by atoms with Gasteiger partial charge in [0.2, 0.25) is 10.0 Å². The summed E-state index contributed by atoms with van der Waals surface area (Å²) in [6.45, 7) is 6.76. The normalized spacial score (nSPS) is 11.2. The van der Waals surface area contributed by atoms with E-state index in [4.69, 9.17) is 16.3 Å². The lowest BCUT2D eigenvalue weighted by molar-refractivity contribution is 0.0947. The maximum atomic E-state index is 12.5. The number of amides is 1. The molecule has 0 spiro atoms. The molecule has 3 aromatic rings. The zero-order chi connectivity index (χ0) is 24.9. The minimum absolute atomic E-state index is 0.146. The number of hydrogen-bond acceptors (Lipinski definition) is 4. The Hall–Kier alpha value is -3.03. The third-order valence-corrected chi connectivity index (χ3v) is 6.87. The van der Waals surface area contributed by atoms with Crippen molar-refractivity contribution >= 4 is 33.2 Å². The van der Waals surface area contributed by atoms with Gasteiger partial charge in [0.15, 0.2) is 0 Å². The molecule has 6 nitrogen and oxygen atoms in total. The fraction of sp³-hybridized carbons (Fsp3) is 0.269. The quantitative estimate of drug-likeness (QED) is 0.417. The van der Waals surface area contributed by atoms with Crippen molar-refractivity contribution in [3.8, 4) is 5.75 Å². The van der Waals surface area contributed by atoms with Crippen LogP contribution >= 0.6 is 11.6 Å². The van der Waals surface area contributed by atoms with Crippen LogP contribution < -0.4 is 14.4 Å². The lowest BCUT2D eigenvalue weighted by atomic mass is 10.1. The second-order valence-corrected chi connectivity index (χ2v) is 10.6. The van der Waals surface area contributed by atoms with Gasteiger partial charge in [0.25, 0.3) is 5.91 Å². The van der Waals surface area contributed by atoms with Crippen LogP contribution in [-0.2, 0) is 16.6 Å². The molecule has 3 aromatic carbocycles. The highest BCUT2D eigenvalue weighted by Crippen LogP contribution is 2.27. The summed E-state index contributed by atoms with van der Waals surface area (Å²) in [5.74, 6) is 0.553. The number of halogens is 1. The predicted molar refractivity (Wildman–Crippen MR) is 137 cm³/mol. The van der Waals surface area contributed by atoms with Crippen LogP contribution in [0.15, 0.2) is 60.7 Å². The topological polar surface area (TPSA) is 75.7 Å². The lowest BCUT2D eigenvalue weighted by Crippen LogP contribution is -2.30. The van der Waals surface area contributed by atoms with Crippen LogP contribution in [0.2, 0.25) is 5.02 Å². The van der Waals surface area contributed by atoms with E-state index in [1.807, 2.05) is 39.0 Å². The van der Waals surface area contributed by atoms with Crippen molar-refractivity contribution in [3.05, 3.63) is 93.5 Å². The van der Waals surface area contributed by atoms with E-state index in [0.29, 0.717) is 29.4 Å². The Labute approximate surface area is 206 Å². The van der Waals surface area contributed by atoms with Gasteiger partial charge in [0.1, 0.15) is 12.4 Å². The first kappa shape index (κ1) is 25.6. The molecule has 0 fully saturated rings. The summed E-state index contributed by atoms with van der Waals surface area (Å²) in [5, 5.41) is 3.38. The number of ether oxygens (including phenoxy) is 1. The third kappa shape index (κ3) is 6.74. The summed E-state index contributed by atoms with van der Waals surface area (Å²) in [6, 6.07) is 17.9. The van der Waals surface area contributed by atoms with Crippen molar-refractivity contribution in [1.29, 1.82) is 0 Å². The highest BCUT2D eigenvalue weighted by atomic mass is 35.5. The Bertz CT molecular complexity index is 1270. The molecule has 0 atom stereocenters. The molecular weight excluding hydrogens is 472 g/mol. The van der Waals surface area contributed by atoms with Crippen molar-refractivity contribution < 1.29 is 17.9 Å². The SMILES string of the molecule is Cc1ccc(OCCNC(=O)c2ccc(CN(c3ccc(Cl)cc3C)S(C)(=O)=O)cc2)cc1C. The molecule has 0 bridgehead atoms. The number of hydrogen-bond donors (Lipinski definition) is 1. The van der Waals surface area contributed by atoms with Gasteiger partial charge in [-0.15, -0.1) is 0 Å². The lowest BCUT2D eigenvalue weighted by Gasteiger charge is -2.24. The van der Waals surface area contributed by atoms with Crippen molar-refractivity contribution in [3.63, 3.8) is 0 Å². The molecule has 0 saturated carbocycles. The Morgan fingerprint density at radius 3 is 2.26 bits per heavy atom. The summed E-state index contributed by atoms with van der Waals surface area (Å²) < 4.78 is 31.9. The second kappa shape index (κ2) is 10.9. The smallest absolute Gasteiger partial charge is 0.251 e. The van der Waals surface area contributed by atoms with Gasteiger partial charge >= 0.3 is 0 Å². The summed E-state index contributed by atoms with van der Waals surface area (Å²) in [7, 11) is -3.52. The van der Waals surface area contributed by atoms with E-state index in [1.54, 1.807) is 42.5 Å². The van der Waals surface area contributed by atoms with Crippen LogP contribution in [0, 0.1) is 20.8 Å². The van der Waals surface area contributed by atoms with E-state index in [1.165, 1.54) is 16.1 Å². The van der Waals surface area contributed by atoms with E-state index < -0.39 is 10.0 Å². The molecule has 0 aliphatic carbocycles. The molecule has 0 aliphatic rings. The number of sulfonamides is 1. The Balaban J connectivity index is 1.59. The van der Waals surface area contributed by atoms with E-state index >= 15 is 0 Å². The van der Waals surface area contributed by atoms with Crippen molar-refractivity contribution in [1.82, 2.24) is 5.32 Å². The zero-order valence-corrected chi connectivity index (χ0v) is 21.3. The molecule has 3 rings (SSSR count). The molecule has 0 aromatic heterocycles. The largest absolute Gasteiger partial charge is 0.492 e. The summed E-state index contributed by atoms with van der Waals surface area (Å²) in [4.78, 5) is 12.5. The van der Waals surface area contributed by atoms with Crippen LogP contribution in [-0.4, -0.2) is 33.7 Å². The molecule has 1 N–H and O–H groups in total. The van der Waals surface area contributed by atoms with Gasteiger partial charge in [-0.1, -0.05) is 29.8 Å². The van der Waals surface area contributed by atoms with Gasteiger partial charge in [-0.25, -0.2) is 8.42 Å². The van der Waals surface area contributed by atoms with Gasteiger partial charge in [0.05, 0.1) is 25.0 Å². The maximum Gasteiger partial charge on any atom is 0.251 e. The zero-order valence-electron chi connectivity index (χ0n) is 19.8. The van der Waals surface area contributed by atoms with Crippen LogP contribution in [0.4, 0.5) is 5.69 Å². The minimum Gasteiger partial charge on any atom is -0.492 e. The van der Waals surface area contributed by atoms with Gasteiger partial charge in [0, 0.05) is 10.6 Å². The van der Waals surface area contributed by atoms with Gasteiger partial charge in [-0.05, 0) is 85.5 Å². The number of nitrogens with one attached hydrogen (secondary N) is 1.